The van der Waals surface area contributed by atoms with Crippen LogP contribution in [0.5, 0.6) is 5.75 Å². The van der Waals surface area contributed by atoms with Gasteiger partial charge in [0.15, 0.2) is 11.6 Å². The third-order valence-electron chi connectivity index (χ3n) is 3.71. The number of hydrogen-bond donors (Lipinski definition) is 1. The third-order valence-corrected chi connectivity index (χ3v) is 3.71. The van der Waals surface area contributed by atoms with Gasteiger partial charge in [-0.1, -0.05) is 6.07 Å². The molecule has 21 heavy (non-hydrogen) atoms. The molecule has 1 aliphatic rings. The van der Waals surface area contributed by atoms with Crippen LogP contribution in [-0.4, -0.2) is 35.5 Å². The van der Waals surface area contributed by atoms with Crippen LogP contribution >= 0.6 is 0 Å². The third kappa shape index (κ3) is 3.32. The summed E-state index contributed by atoms with van der Waals surface area (Å²) >= 11 is 0. The molecule has 114 valence electrons. The molecule has 1 aliphatic carbocycles. The molecule has 5 nitrogen and oxygen atoms in total. The number of nitrogens with zero attached hydrogens (tertiary/aromatic N) is 1. The Balaban J connectivity index is 2.04. The number of carboxylic acids is 1. The van der Waals surface area contributed by atoms with Crippen molar-refractivity contribution in [1.82, 2.24) is 4.90 Å². The number of rotatable bonds is 6. The molecule has 0 heterocycles. The van der Waals surface area contributed by atoms with E-state index in [4.69, 9.17) is 9.84 Å². The van der Waals surface area contributed by atoms with Gasteiger partial charge >= 0.3 is 5.97 Å². The smallest absolute Gasteiger partial charge is 0.307 e. The molecule has 2 rings (SSSR count). The lowest BCUT2D eigenvalue weighted by Crippen LogP contribution is -2.32. The van der Waals surface area contributed by atoms with Gasteiger partial charge in [0.05, 0.1) is 18.9 Å². The average Bonchev–Trinajstić information content (AvgIpc) is 3.24. The predicted octanol–water partition coefficient (Wildman–Crippen LogP) is 1.90. The van der Waals surface area contributed by atoms with E-state index in [9.17, 15) is 14.0 Å². The molecule has 1 saturated carbocycles. The number of hydrogen-bond acceptors (Lipinski definition) is 3. The van der Waals surface area contributed by atoms with Crippen molar-refractivity contribution in [3.05, 3.63) is 29.6 Å². The number of aliphatic carboxylic acids is 1. The maximum absolute atomic E-state index is 13.6. The lowest BCUT2D eigenvalue weighted by atomic mass is 10.1. The van der Waals surface area contributed by atoms with Crippen molar-refractivity contribution in [3.63, 3.8) is 0 Å². The Hall–Kier alpha value is -2.11. The summed E-state index contributed by atoms with van der Waals surface area (Å²) in [5.74, 6) is -2.44. The number of halogens is 1. The monoisotopic (exact) mass is 295 g/mol. The largest absolute Gasteiger partial charge is 0.494 e. The summed E-state index contributed by atoms with van der Waals surface area (Å²) in [6, 6.07) is 4.54. The van der Waals surface area contributed by atoms with Crippen LogP contribution in [0, 0.1) is 17.7 Å². The molecule has 0 aliphatic heterocycles. The molecule has 1 amide bonds. The van der Waals surface area contributed by atoms with Gasteiger partial charge in [0.2, 0.25) is 5.91 Å². The maximum atomic E-state index is 13.6. The van der Waals surface area contributed by atoms with Crippen LogP contribution in [0.15, 0.2) is 18.2 Å². The van der Waals surface area contributed by atoms with Crippen molar-refractivity contribution in [2.45, 2.75) is 19.9 Å². The van der Waals surface area contributed by atoms with Crippen molar-refractivity contribution in [2.75, 3.05) is 13.7 Å². The Morgan fingerprint density at radius 3 is 2.62 bits per heavy atom. The van der Waals surface area contributed by atoms with Gasteiger partial charge in [-0.15, -0.1) is 0 Å². The van der Waals surface area contributed by atoms with E-state index in [1.54, 1.807) is 11.0 Å². The molecule has 0 spiro atoms. The number of carboxylic acid groups (broad SMARTS) is 1. The summed E-state index contributed by atoms with van der Waals surface area (Å²) in [6.45, 7) is 2.53. The number of methoxy groups -OCH3 is 1. The Morgan fingerprint density at radius 2 is 2.14 bits per heavy atom. The summed E-state index contributed by atoms with van der Waals surface area (Å²) in [6.07, 6.45) is 0.391. The SMILES string of the molecule is CCN(Cc1ccc(OC)c(F)c1)C(=O)[C@@H]1C[C@@H]1C(=O)O. The van der Waals surface area contributed by atoms with Crippen molar-refractivity contribution in [2.24, 2.45) is 11.8 Å². The van der Waals surface area contributed by atoms with Crippen LogP contribution in [0.1, 0.15) is 18.9 Å². The fourth-order valence-corrected chi connectivity index (χ4v) is 2.35. The van der Waals surface area contributed by atoms with Gasteiger partial charge in [-0.3, -0.25) is 9.59 Å². The van der Waals surface area contributed by atoms with Gasteiger partial charge in [-0.25, -0.2) is 4.39 Å². The van der Waals surface area contributed by atoms with Crippen LogP contribution in [-0.2, 0) is 16.1 Å². The molecule has 0 bridgehead atoms. The summed E-state index contributed by atoms with van der Waals surface area (Å²) in [5, 5.41) is 8.88. The van der Waals surface area contributed by atoms with Gasteiger partial charge in [0.25, 0.3) is 0 Å². The van der Waals surface area contributed by atoms with Crippen LogP contribution in [0.3, 0.4) is 0 Å². The predicted molar refractivity (Wildman–Crippen MR) is 73.3 cm³/mol. The Kier molecular flexibility index (Phi) is 4.45. The first-order valence-corrected chi connectivity index (χ1v) is 6.82. The van der Waals surface area contributed by atoms with Crippen molar-refractivity contribution >= 4 is 11.9 Å². The van der Waals surface area contributed by atoms with Crippen LogP contribution in [0.4, 0.5) is 4.39 Å². The lowest BCUT2D eigenvalue weighted by Gasteiger charge is -2.21. The highest BCUT2D eigenvalue weighted by Gasteiger charge is 2.49. The molecule has 2 atom stereocenters. The first-order valence-electron chi connectivity index (χ1n) is 6.82. The summed E-state index contributed by atoms with van der Waals surface area (Å²) in [5.41, 5.74) is 0.649. The highest BCUT2D eigenvalue weighted by atomic mass is 19.1. The molecule has 0 aromatic heterocycles. The van der Waals surface area contributed by atoms with Crippen LogP contribution in [0.25, 0.3) is 0 Å². The maximum Gasteiger partial charge on any atom is 0.307 e. The fraction of sp³-hybridized carbons (Fsp3) is 0.467. The average molecular weight is 295 g/mol. The zero-order chi connectivity index (χ0) is 15.6. The Morgan fingerprint density at radius 1 is 1.43 bits per heavy atom. The Labute approximate surface area is 122 Å². The molecule has 1 N–H and O–H groups in total. The van der Waals surface area contributed by atoms with E-state index in [1.165, 1.54) is 19.2 Å². The van der Waals surface area contributed by atoms with Gasteiger partial charge < -0.3 is 14.7 Å². The van der Waals surface area contributed by atoms with Crippen molar-refractivity contribution in [1.29, 1.82) is 0 Å². The van der Waals surface area contributed by atoms with E-state index in [2.05, 4.69) is 0 Å². The Bertz CT molecular complexity index is 561. The lowest BCUT2D eigenvalue weighted by molar-refractivity contribution is -0.142. The van der Waals surface area contributed by atoms with E-state index >= 15 is 0 Å². The fourth-order valence-electron chi connectivity index (χ4n) is 2.35. The minimum Gasteiger partial charge on any atom is -0.494 e. The topological polar surface area (TPSA) is 66.8 Å². The second-order valence-electron chi connectivity index (χ2n) is 5.11. The van der Waals surface area contributed by atoms with E-state index in [0.29, 0.717) is 18.5 Å². The molecular formula is C15H18FNO4. The highest BCUT2D eigenvalue weighted by molar-refractivity contribution is 5.89. The van der Waals surface area contributed by atoms with Gasteiger partial charge in [0.1, 0.15) is 0 Å². The molecule has 1 fully saturated rings. The zero-order valence-electron chi connectivity index (χ0n) is 12.0. The first-order chi connectivity index (χ1) is 9.97. The minimum atomic E-state index is -0.931. The quantitative estimate of drug-likeness (QED) is 0.870. The number of amides is 1. The molecule has 1 aromatic carbocycles. The molecular weight excluding hydrogens is 277 g/mol. The standard InChI is InChI=1S/C15H18FNO4/c1-3-17(14(18)10-7-11(10)15(19)20)8-9-4-5-13(21-2)12(16)6-9/h4-6,10-11H,3,7-8H2,1-2H3,(H,19,20)/t10-,11+/m1/s1. The van der Waals surface area contributed by atoms with Gasteiger partial charge in [-0.2, -0.15) is 0 Å². The van der Waals surface area contributed by atoms with Gasteiger partial charge in [0, 0.05) is 13.1 Å². The van der Waals surface area contributed by atoms with Crippen LogP contribution in [0.2, 0.25) is 0 Å². The van der Waals surface area contributed by atoms with Crippen molar-refractivity contribution in [3.8, 4) is 5.75 Å². The number of benzene rings is 1. The number of carbonyl (C=O) groups is 2. The molecule has 1 aromatic rings. The molecule has 0 unspecified atom stereocenters. The normalized spacial score (nSPS) is 20.0. The van der Waals surface area contributed by atoms with E-state index in [1.807, 2.05) is 6.92 Å². The van der Waals surface area contributed by atoms with E-state index in [0.717, 1.165) is 0 Å². The molecule has 0 saturated heterocycles. The highest BCUT2D eigenvalue weighted by Crippen LogP contribution is 2.40. The summed E-state index contributed by atoms with van der Waals surface area (Å²) < 4.78 is 18.5. The number of ether oxygens (including phenoxy) is 1. The number of carbonyl (C=O) groups excluding carboxylic acids is 1. The first kappa shape index (κ1) is 15.3. The van der Waals surface area contributed by atoms with Crippen LogP contribution < -0.4 is 4.74 Å². The van der Waals surface area contributed by atoms with E-state index < -0.39 is 23.6 Å². The molecule has 0 radical (unpaired) electrons. The van der Waals surface area contributed by atoms with Gasteiger partial charge in [-0.05, 0) is 31.0 Å². The summed E-state index contributed by atoms with van der Waals surface area (Å²) in [4.78, 5) is 24.6. The second kappa shape index (κ2) is 6.11. The summed E-state index contributed by atoms with van der Waals surface area (Å²) in [7, 11) is 1.39. The minimum absolute atomic E-state index is 0.154. The second-order valence-corrected chi connectivity index (χ2v) is 5.11. The zero-order valence-corrected chi connectivity index (χ0v) is 12.0. The van der Waals surface area contributed by atoms with Crippen molar-refractivity contribution < 1.29 is 23.8 Å². The van der Waals surface area contributed by atoms with E-state index in [-0.39, 0.29) is 18.2 Å². The molecule has 6 heteroatoms.